The molecular formula is C12H15N3O2S. The molecule has 1 aromatic heterocycles. The van der Waals surface area contributed by atoms with Crippen molar-refractivity contribution >= 4 is 15.5 Å². The van der Waals surface area contributed by atoms with Crippen LogP contribution in [-0.4, -0.2) is 24.2 Å². The monoisotopic (exact) mass is 265 g/mol. The van der Waals surface area contributed by atoms with Gasteiger partial charge >= 0.3 is 0 Å². The van der Waals surface area contributed by atoms with E-state index in [-0.39, 0.29) is 0 Å². The molecule has 18 heavy (non-hydrogen) atoms. The first kappa shape index (κ1) is 12.6. The first-order chi connectivity index (χ1) is 8.47. The van der Waals surface area contributed by atoms with Gasteiger partial charge in [0.15, 0.2) is 9.84 Å². The number of hydrogen-bond acceptors (Lipinski definition) is 4. The van der Waals surface area contributed by atoms with Crippen molar-refractivity contribution in [2.75, 3.05) is 11.6 Å². The van der Waals surface area contributed by atoms with Crippen LogP contribution in [-0.2, 0) is 23.4 Å². The molecule has 0 atom stereocenters. The number of rotatable bonds is 4. The molecule has 0 aliphatic heterocycles. The number of hydrogen-bond donors (Lipinski definition) is 1. The highest BCUT2D eigenvalue weighted by molar-refractivity contribution is 7.90. The number of sulfone groups is 1. The maximum atomic E-state index is 11.4. The number of aromatic nitrogens is 2. The molecule has 2 rings (SSSR count). The van der Waals surface area contributed by atoms with Gasteiger partial charge in [-0.3, -0.25) is 0 Å². The second-order valence-corrected chi connectivity index (χ2v) is 6.17. The summed E-state index contributed by atoms with van der Waals surface area (Å²) in [7, 11) is -1.25. The molecule has 0 spiro atoms. The maximum Gasteiger partial charge on any atom is 0.175 e. The lowest BCUT2D eigenvalue weighted by Gasteiger charge is -2.08. The maximum absolute atomic E-state index is 11.4. The first-order valence-electron chi connectivity index (χ1n) is 5.46. The zero-order valence-corrected chi connectivity index (χ0v) is 11.1. The minimum Gasteiger partial charge on any atom is -0.379 e. The van der Waals surface area contributed by atoms with Crippen LogP contribution in [0.3, 0.4) is 0 Å². The molecule has 0 fully saturated rings. The van der Waals surface area contributed by atoms with Gasteiger partial charge in [-0.2, -0.15) is 0 Å². The summed E-state index contributed by atoms with van der Waals surface area (Å²) in [6.07, 6.45) is 4.70. The van der Waals surface area contributed by atoms with E-state index in [4.69, 9.17) is 0 Å². The fourth-order valence-corrected chi connectivity index (χ4v) is 2.25. The fourth-order valence-electron chi connectivity index (χ4n) is 1.58. The lowest BCUT2D eigenvalue weighted by molar-refractivity contribution is 0.602. The average Bonchev–Trinajstić information content (AvgIpc) is 2.72. The van der Waals surface area contributed by atoms with E-state index in [0.717, 1.165) is 11.4 Å². The van der Waals surface area contributed by atoms with Crippen molar-refractivity contribution in [1.29, 1.82) is 0 Å². The van der Waals surface area contributed by atoms with Gasteiger partial charge in [-0.05, 0) is 18.2 Å². The van der Waals surface area contributed by atoms with Crippen molar-refractivity contribution in [2.45, 2.75) is 11.4 Å². The standard InChI is InChI=1S/C12H15N3O2S/c1-15-9-13-7-11(15)8-14-10-4-3-5-12(6-10)18(2,16)17/h3-7,9,14H,8H2,1-2H3. The van der Waals surface area contributed by atoms with Crippen LogP contribution in [0.4, 0.5) is 5.69 Å². The van der Waals surface area contributed by atoms with Crippen molar-refractivity contribution in [2.24, 2.45) is 7.05 Å². The second-order valence-electron chi connectivity index (χ2n) is 4.15. The van der Waals surface area contributed by atoms with Gasteiger partial charge in [0.2, 0.25) is 0 Å². The van der Waals surface area contributed by atoms with E-state index < -0.39 is 9.84 Å². The highest BCUT2D eigenvalue weighted by Crippen LogP contribution is 2.15. The summed E-state index contributed by atoms with van der Waals surface area (Å²) in [6, 6.07) is 6.78. The van der Waals surface area contributed by atoms with Crippen LogP contribution in [0.1, 0.15) is 5.69 Å². The molecule has 6 heteroatoms. The predicted molar refractivity (Wildman–Crippen MR) is 70.1 cm³/mol. The lowest BCUT2D eigenvalue weighted by Crippen LogP contribution is -2.05. The summed E-state index contributed by atoms with van der Waals surface area (Å²) in [6.45, 7) is 0.601. The third kappa shape index (κ3) is 2.89. The van der Waals surface area contributed by atoms with E-state index >= 15 is 0 Å². The van der Waals surface area contributed by atoms with Crippen molar-refractivity contribution < 1.29 is 8.42 Å². The summed E-state index contributed by atoms with van der Waals surface area (Å²) in [5, 5.41) is 3.18. The number of imidazole rings is 1. The van der Waals surface area contributed by atoms with Crippen LogP contribution in [0.25, 0.3) is 0 Å². The van der Waals surface area contributed by atoms with Gasteiger partial charge in [0.1, 0.15) is 0 Å². The predicted octanol–water partition coefficient (Wildman–Crippen LogP) is 1.44. The van der Waals surface area contributed by atoms with E-state index in [1.54, 1.807) is 30.7 Å². The Hall–Kier alpha value is -1.82. The quantitative estimate of drug-likeness (QED) is 0.908. The Balaban J connectivity index is 2.13. The molecule has 0 aliphatic carbocycles. The van der Waals surface area contributed by atoms with Crippen molar-refractivity contribution in [1.82, 2.24) is 9.55 Å². The number of nitrogens with one attached hydrogen (secondary N) is 1. The molecule has 1 N–H and O–H groups in total. The molecular weight excluding hydrogens is 250 g/mol. The Morgan fingerprint density at radius 3 is 2.78 bits per heavy atom. The third-order valence-corrected chi connectivity index (χ3v) is 3.76. The summed E-state index contributed by atoms with van der Waals surface area (Å²) in [5.41, 5.74) is 1.80. The number of nitrogens with zero attached hydrogens (tertiary/aromatic N) is 2. The smallest absolute Gasteiger partial charge is 0.175 e. The van der Waals surface area contributed by atoms with Crippen molar-refractivity contribution in [3.8, 4) is 0 Å². The topological polar surface area (TPSA) is 64.0 Å². The Bertz CT molecular complexity index is 647. The van der Waals surface area contributed by atoms with Crippen LogP contribution >= 0.6 is 0 Å². The molecule has 96 valence electrons. The molecule has 0 radical (unpaired) electrons. The van der Waals surface area contributed by atoms with Gasteiger partial charge in [-0.1, -0.05) is 6.07 Å². The number of aryl methyl sites for hydroxylation is 1. The van der Waals surface area contributed by atoms with Crippen molar-refractivity contribution in [3.05, 3.63) is 42.5 Å². The van der Waals surface area contributed by atoms with E-state index in [0.29, 0.717) is 11.4 Å². The normalized spacial score (nSPS) is 11.4. The summed E-state index contributed by atoms with van der Waals surface area (Å²) in [5.74, 6) is 0. The highest BCUT2D eigenvalue weighted by Gasteiger charge is 2.07. The highest BCUT2D eigenvalue weighted by atomic mass is 32.2. The molecule has 0 aliphatic rings. The summed E-state index contributed by atoms with van der Waals surface area (Å²) in [4.78, 5) is 4.34. The Labute approximate surface area is 106 Å². The van der Waals surface area contributed by atoms with Crippen LogP contribution in [0.2, 0.25) is 0 Å². The third-order valence-electron chi connectivity index (χ3n) is 2.65. The van der Waals surface area contributed by atoms with E-state index in [1.165, 1.54) is 6.26 Å². The van der Waals surface area contributed by atoms with E-state index in [9.17, 15) is 8.42 Å². The molecule has 5 nitrogen and oxygen atoms in total. The minimum atomic E-state index is -3.16. The Morgan fingerprint density at radius 2 is 2.17 bits per heavy atom. The van der Waals surface area contributed by atoms with Gasteiger partial charge in [-0.25, -0.2) is 13.4 Å². The molecule has 1 aromatic carbocycles. The van der Waals surface area contributed by atoms with Gasteiger partial charge < -0.3 is 9.88 Å². The van der Waals surface area contributed by atoms with Gasteiger partial charge in [0, 0.05) is 25.2 Å². The van der Waals surface area contributed by atoms with E-state index in [2.05, 4.69) is 10.3 Å². The molecule has 1 heterocycles. The van der Waals surface area contributed by atoms with Crippen LogP contribution in [0.15, 0.2) is 41.7 Å². The molecule has 2 aromatic rings. The number of benzene rings is 1. The summed E-state index contributed by atoms with van der Waals surface area (Å²) >= 11 is 0. The van der Waals surface area contributed by atoms with Gasteiger partial charge in [0.05, 0.1) is 23.5 Å². The Kier molecular flexibility index (Phi) is 3.38. The zero-order chi connectivity index (χ0) is 13.2. The lowest BCUT2D eigenvalue weighted by atomic mass is 10.3. The van der Waals surface area contributed by atoms with Gasteiger partial charge in [0.25, 0.3) is 0 Å². The molecule has 0 saturated carbocycles. The molecule has 0 bridgehead atoms. The SMILES string of the molecule is Cn1cncc1CNc1cccc(S(C)(=O)=O)c1. The number of anilines is 1. The first-order valence-corrected chi connectivity index (χ1v) is 7.35. The van der Waals surface area contributed by atoms with Crippen LogP contribution in [0.5, 0.6) is 0 Å². The zero-order valence-electron chi connectivity index (χ0n) is 10.3. The van der Waals surface area contributed by atoms with Crippen LogP contribution < -0.4 is 5.32 Å². The second kappa shape index (κ2) is 4.81. The molecule has 0 unspecified atom stereocenters. The summed E-state index contributed by atoms with van der Waals surface area (Å²) < 4.78 is 24.8. The average molecular weight is 265 g/mol. The van der Waals surface area contributed by atoms with Crippen molar-refractivity contribution in [3.63, 3.8) is 0 Å². The van der Waals surface area contributed by atoms with Crippen LogP contribution in [0, 0.1) is 0 Å². The fraction of sp³-hybridized carbons (Fsp3) is 0.250. The van der Waals surface area contributed by atoms with E-state index in [1.807, 2.05) is 17.7 Å². The molecule has 0 amide bonds. The minimum absolute atomic E-state index is 0.317. The largest absolute Gasteiger partial charge is 0.379 e. The Morgan fingerprint density at radius 1 is 1.39 bits per heavy atom. The van der Waals surface area contributed by atoms with Gasteiger partial charge in [-0.15, -0.1) is 0 Å². The molecule has 0 saturated heterocycles.